The lowest BCUT2D eigenvalue weighted by molar-refractivity contribution is 0.163. The third kappa shape index (κ3) is 4.80. The molecule has 0 aromatic heterocycles. The van der Waals surface area contributed by atoms with Gasteiger partial charge in [-0.1, -0.05) is 26.0 Å². The molecule has 3 heteroatoms. The van der Waals surface area contributed by atoms with Gasteiger partial charge in [-0.25, -0.2) is 0 Å². The molecule has 0 aliphatic carbocycles. The number of hydrogen-bond acceptors (Lipinski definition) is 3. The van der Waals surface area contributed by atoms with Crippen LogP contribution >= 0.6 is 0 Å². The first kappa shape index (κ1) is 17.0. The zero-order valence-corrected chi connectivity index (χ0v) is 13.5. The third-order valence-electron chi connectivity index (χ3n) is 3.96. The van der Waals surface area contributed by atoms with Crippen molar-refractivity contribution in [2.45, 2.75) is 52.0 Å². The standard InChI is InChI=1S/C17H29NO2/c1-13(2)15-8-7-14(3)16(11-15)20-10-6-9-17(4,12-19)18-5/h7-8,11,13,18-19H,6,9-10,12H2,1-5H3. The van der Waals surface area contributed by atoms with Gasteiger partial charge in [0.25, 0.3) is 0 Å². The number of likely N-dealkylation sites (N-methyl/N-ethyl adjacent to an activating group) is 1. The van der Waals surface area contributed by atoms with E-state index in [4.69, 9.17) is 4.74 Å². The van der Waals surface area contributed by atoms with Crippen LogP contribution < -0.4 is 10.1 Å². The SMILES string of the molecule is CNC(C)(CO)CCCOc1cc(C(C)C)ccc1C. The van der Waals surface area contributed by atoms with Gasteiger partial charge in [-0.15, -0.1) is 0 Å². The van der Waals surface area contributed by atoms with Crippen LogP contribution in [0.15, 0.2) is 18.2 Å². The molecule has 1 aromatic rings. The first-order chi connectivity index (χ1) is 9.41. The van der Waals surface area contributed by atoms with Gasteiger partial charge in [-0.05, 0) is 56.8 Å². The van der Waals surface area contributed by atoms with Gasteiger partial charge in [0.05, 0.1) is 13.2 Å². The molecule has 0 bridgehead atoms. The highest BCUT2D eigenvalue weighted by Crippen LogP contribution is 2.24. The van der Waals surface area contributed by atoms with E-state index in [9.17, 15) is 5.11 Å². The molecule has 0 saturated carbocycles. The molecule has 1 unspecified atom stereocenters. The van der Waals surface area contributed by atoms with Crippen molar-refractivity contribution in [3.8, 4) is 5.75 Å². The number of aliphatic hydroxyl groups is 1. The molecule has 0 heterocycles. The largest absolute Gasteiger partial charge is 0.493 e. The monoisotopic (exact) mass is 279 g/mol. The van der Waals surface area contributed by atoms with E-state index < -0.39 is 0 Å². The molecule has 114 valence electrons. The zero-order chi connectivity index (χ0) is 15.2. The molecular weight excluding hydrogens is 250 g/mol. The minimum atomic E-state index is -0.210. The Bertz CT molecular complexity index is 411. The molecule has 0 saturated heterocycles. The summed E-state index contributed by atoms with van der Waals surface area (Å²) in [6.07, 6.45) is 1.81. The molecule has 1 rings (SSSR count). The Hall–Kier alpha value is -1.06. The molecule has 2 N–H and O–H groups in total. The van der Waals surface area contributed by atoms with Crippen LogP contribution in [0.1, 0.15) is 50.7 Å². The van der Waals surface area contributed by atoms with Crippen LogP contribution in [-0.2, 0) is 0 Å². The van der Waals surface area contributed by atoms with E-state index in [2.05, 4.69) is 44.3 Å². The summed E-state index contributed by atoms with van der Waals surface area (Å²) in [5.41, 5.74) is 2.27. The van der Waals surface area contributed by atoms with E-state index >= 15 is 0 Å². The Balaban J connectivity index is 2.52. The quantitative estimate of drug-likeness (QED) is 0.718. The summed E-state index contributed by atoms with van der Waals surface area (Å²) in [6, 6.07) is 6.43. The van der Waals surface area contributed by atoms with Gasteiger partial charge in [0.1, 0.15) is 5.75 Å². The molecule has 1 atom stereocenters. The minimum Gasteiger partial charge on any atom is -0.493 e. The second-order valence-electron chi connectivity index (χ2n) is 6.10. The highest BCUT2D eigenvalue weighted by Gasteiger charge is 2.19. The number of benzene rings is 1. The Kier molecular flexibility index (Phi) is 6.50. The smallest absolute Gasteiger partial charge is 0.122 e. The summed E-state index contributed by atoms with van der Waals surface area (Å²) >= 11 is 0. The lowest BCUT2D eigenvalue weighted by atomic mass is 9.97. The highest BCUT2D eigenvalue weighted by atomic mass is 16.5. The van der Waals surface area contributed by atoms with Crippen molar-refractivity contribution in [2.24, 2.45) is 0 Å². The van der Waals surface area contributed by atoms with Gasteiger partial charge >= 0.3 is 0 Å². The van der Waals surface area contributed by atoms with E-state index in [0.717, 1.165) is 18.6 Å². The molecule has 0 fully saturated rings. The van der Waals surface area contributed by atoms with E-state index in [1.54, 1.807) is 0 Å². The van der Waals surface area contributed by atoms with Crippen LogP contribution in [0.5, 0.6) is 5.75 Å². The van der Waals surface area contributed by atoms with Crippen molar-refractivity contribution in [3.63, 3.8) is 0 Å². The summed E-state index contributed by atoms with van der Waals surface area (Å²) in [5.74, 6) is 1.49. The van der Waals surface area contributed by atoms with Crippen molar-refractivity contribution in [1.29, 1.82) is 0 Å². The van der Waals surface area contributed by atoms with Crippen molar-refractivity contribution < 1.29 is 9.84 Å². The predicted molar refractivity (Wildman–Crippen MR) is 84.5 cm³/mol. The second-order valence-corrected chi connectivity index (χ2v) is 6.10. The topological polar surface area (TPSA) is 41.5 Å². The Morgan fingerprint density at radius 3 is 2.60 bits per heavy atom. The van der Waals surface area contributed by atoms with Gasteiger partial charge in [-0.3, -0.25) is 0 Å². The molecule has 0 amide bonds. The van der Waals surface area contributed by atoms with E-state index in [0.29, 0.717) is 12.5 Å². The van der Waals surface area contributed by atoms with E-state index in [1.165, 1.54) is 11.1 Å². The van der Waals surface area contributed by atoms with Crippen LogP contribution in [0.2, 0.25) is 0 Å². The lowest BCUT2D eigenvalue weighted by Gasteiger charge is -2.26. The van der Waals surface area contributed by atoms with Crippen molar-refractivity contribution in [3.05, 3.63) is 29.3 Å². The van der Waals surface area contributed by atoms with Crippen LogP contribution in [0.4, 0.5) is 0 Å². The average Bonchev–Trinajstić information content (AvgIpc) is 2.44. The summed E-state index contributed by atoms with van der Waals surface area (Å²) in [6.45, 7) is 9.30. The first-order valence-electron chi connectivity index (χ1n) is 7.45. The molecule has 0 aliphatic rings. The number of rotatable bonds is 8. The fourth-order valence-electron chi connectivity index (χ4n) is 2.06. The fourth-order valence-corrected chi connectivity index (χ4v) is 2.06. The molecule has 0 radical (unpaired) electrons. The molecule has 0 aliphatic heterocycles. The van der Waals surface area contributed by atoms with Gasteiger partial charge in [0.15, 0.2) is 0 Å². The Labute approximate surface area is 123 Å². The number of aliphatic hydroxyl groups excluding tert-OH is 1. The molecule has 1 aromatic carbocycles. The summed E-state index contributed by atoms with van der Waals surface area (Å²) in [4.78, 5) is 0. The third-order valence-corrected chi connectivity index (χ3v) is 3.96. The van der Waals surface area contributed by atoms with Crippen LogP contribution in [0.3, 0.4) is 0 Å². The molecule has 3 nitrogen and oxygen atoms in total. The molecule has 0 spiro atoms. The summed E-state index contributed by atoms with van der Waals surface area (Å²) < 4.78 is 5.90. The predicted octanol–water partition coefficient (Wildman–Crippen LogP) is 3.25. The maximum absolute atomic E-state index is 9.34. The normalized spacial score (nSPS) is 14.3. The minimum absolute atomic E-state index is 0.144. The maximum Gasteiger partial charge on any atom is 0.122 e. The van der Waals surface area contributed by atoms with Crippen LogP contribution in [0.25, 0.3) is 0 Å². The zero-order valence-electron chi connectivity index (χ0n) is 13.5. The van der Waals surface area contributed by atoms with E-state index in [1.807, 2.05) is 14.0 Å². The number of aryl methyl sites for hydroxylation is 1. The first-order valence-corrected chi connectivity index (χ1v) is 7.45. The van der Waals surface area contributed by atoms with Crippen molar-refractivity contribution >= 4 is 0 Å². The van der Waals surface area contributed by atoms with Crippen LogP contribution in [-0.4, -0.2) is 30.9 Å². The number of nitrogens with one attached hydrogen (secondary N) is 1. The Morgan fingerprint density at radius 2 is 2.05 bits per heavy atom. The van der Waals surface area contributed by atoms with Gasteiger partial charge in [0, 0.05) is 5.54 Å². The summed E-state index contributed by atoms with van der Waals surface area (Å²) in [5, 5.41) is 12.5. The highest BCUT2D eigenvalue weighted by molar-refractivity contribution is 5.37. The lowest BCUT2D eigenvalue weighted by Crippen LogP contribution is -2.43. The van der Waals surface area contributed by atoms with Gasteiger partial charge in [-0.2, -0.15) is 0 Å². The number of ether oxygens (including phenoxy) is 1. The van der Waals surface area contributed by atoms with Gasteiger partial charge < -0.3 is 15.2 Å². The molecule has 20 heavy (non-hydrogen) atoms. The maximum atomic E-state index is 9.34. The number of hydrogen-bond donors (Lipinski definition) is 2. The summed E-state index contributed by atoms with van der Waals surface area (Å²) in [7, 11) is 1.88. The molecular formula is C17H29NO2. The fraction of sp³-hybridized carbons (Fsp3) is 0.647. The Morgan fingerprint density at radius 1 is 1.35 bits per heavy atom. The van der Waals surface area contributed by atoms with Crippen molar-refractivity contribution in [1.82, 2.24) is 5.32 Å². The van der Waals surface area contributed by atoms with E-state index in [-0.39, 0.29) is 12.1 Å². The average molecular weight is 279 g/mol. The van der Waals surface area contributed by atoms with Crippen molar-refractivity contribution in [2.75, 3.05) is 20.3 Å². The second kappa shape index (κ2) is 7.65. The van der Waals surface area contributed by atoms with Gasteiger partial charge in [0.2, 0.25) is 0 Å². The van der Waals surface area contributed by atoms with Crippen LogP contribution in [0, 0.1) is 6.92 Å².